The Morgan fingerprint density at radius 3 is 2.73 bits per heavy atom. The molecule has 2 bridgehead atoms. The number of nitrogens with one attached hydrogen (secondary N) is 1. The summed E-state index contributed by atoms with van der Waals surface area (Å²) in [6.07, 6.45) is 6.95. The number of piperidine rings is 1. The van der Waals surface area contributed by atoms with Crippen LogP contribution in [0.1, 0.15) is 48.8 Å². The molecule has 0 aromatic heterocycles. The Kier molecular flexibility index (Phi) is 4.44. The summed E-state index contributed by atoms with van der Waals surface area (Å²) in [5.74, 6) is 1.68. The summed E-state index contributed by atoms with van der Waals surface area (Å²) in [5, 5.41) is 27.0. The maximum Gasteiger partial charge on any atom is 0.165 e. The van der Waals surface area contributed by atoms with Gasteiger partial charge < -0.3 is 20.3 Å². The highest BCUT2D eigenvalue weighted by molar-refractivity contribution is 5.62. The first-order chi connectivity index (χ1) is 16.1. The highest BCUT2D eigenvalue weighted by atomic mass is 16.5. The number of ether oxygens (including phenoxy) is 1. The predicted molar refractivity (Wildman–Crippen MR) is 127 cm³/mol. The van der Waals surface area contributed by atoms with Crippen LogP contribution in [0.4, 0.5) is 0 Å². The smallest absolute Gasteiger partial charge is 0.165 e. The van der Waals surface area contributed by atoms with Gasteiger partial charge in [0.1, 0.15) is 6.10 Å². The Hall–Kier alpha value is -2.08. The van der Waals surface area contributed by atoms with Crippen LogP contribution in [0.15, 0.2) is 42.5 Å². The van der Waals surface area contributed by atoms with E-state index < -0.39 is 11.0 Å². The standard InChI is InChI=1S/C28H34N2O3/c31-22-9-8-20-16-23-28(32)12-10-21(29-14-11-18-4-2-1-3-5-18)26-27(28,24(20)25(22)33-26)13-15-30(23)17-19-6-7-19/h1-5,8-9,19,21,23,26,29,31-32H,6-7,10-17H2/t21-,23-,26+,27+,28-/m1/s1. The van der Waals surface area contributed by atoms with Crippen molar-refractivity contribution in [3.63, 3.8) is 0 Å². The first kappa shape index (κ1) is 20.3. The lowest BCUT2D eigenvalue weighted by atomic mass is 9.48. The molecule has 5 heteroatoms. The van der Waals surface area contributed by atoms with Crippen LogP contribution >= 0.6 is 0 Å². The highest BCUT2D eigenvalue weighted by Gasteiger charge is 2.72. The van der Waals surface area contributed by atoms with Gasteiger partial charge in [0.05, 0.1) is 11.0 Å². The van der Waals surface area contributed by atoms with E-state index in [1.165, 1.54) is 24.0 Å². The second-order valence-corrected chi connectivity index (χ2v) is 11.1. The molecule has 33 heavy (non-hydrogen) atoms. The fourth-order valence-corrected chi connectivity index (χ4v) is 7.74. The van der Waals surface area contributed by atoms with Crippen LogP contribution in [0.5, 0.6) is 11.5 Å². The topological polar surface area (TPSA) is 65.0 Å². The van der Waals surface area contributed by atoms with Crippen molar-refractivity contribution in [2.75, 3.05) is 19.6 Å². The second-order valence-electron chi connectivity index (χ2n) is 11.1. The third-order valence-corrected chi connectivity index (χ3v) is 9.43. The normalized spacial score (nSPS) is 36.3. The van der Waals surface area contributed by atoms with Gasteiger partial charge in [-0.25, -0.2) is 0 Å². The summed E-state index contributed by atoms with van der Waals surface area (Å²) < 4.78 is 6.63. The fraction of sp³-hybridized carbons (Fsp3) is 0.571. The maximum absolute atomic E-state index is 12.5. The largest absolute Gasteiger partial charge is 0.504 e. The number of phenols is 1. The van der Waals surface area contributed by atoms with E-state index >= 15 is 0 Å². The predicted octanol–water partition coefficient (Wildman–Crippen LogP) is 3.16. The Labute approximate surface area is 195 Å². The van der Waals surface area contributed by atoms with Gasteiger partial charge in [-0.1, -0.05) is 36.4 Å². The summed E-state index contributed by atoms with van der Waals surface area (Å²) in [6.45, 7) is 3.01. The lowest BCUT2D eigenvalue weighted by molar-refractivity contribution is -0.191. The van der Waals surface area contributed by atoms with Gasteiger partial charge in [-0.3, -0.25) is 4.90 Å². The fourth-order valence-electron chi connectivity index (χ4n) is 7.74. The van der Waals surface area contributed by atoms with Crippen molar-refractivity contribution in [2.45, 2.75) is 74.1 Å². The summed E-state index contributed by atoms with van der Waals surface area (Å²) in [7, 11) is 0. The van der Waals surface area contributed by atoms with Gasteiger partial charge in [0.15, 0.2) is 11.5 Å². The van der Waals surface area contributed by atoms with Crippen LogP contribution in [-0.2, 0) is 18.3 Å². The second kappa shape index (κ2) is 7.21. The van der Waals surface area contributed by atoms with Gasteiger partial charge in [-0.15, -0.1) is 0 Å². The molecule has 1 spiro atoms. The number of rotatable bonds is 6. The molecule has 7 rings (SSSR count). The molecule has 5 nitrogen and oxygen atoms in total. The van der Waals surface area contributed by atoms with Crippen molar-refractivity contribution in [2.24, 2.45) is 5.92 Å². The zero-order valence-corrected chi connectivity index (χ0v) is 19.2. The van der Waals surface area contributed by atoms with Crippen LogP contribution in [0.2, 0.25) is 0 Å². The molecule has 174 valence electrons. The van der Waals surface area contributed by atoms with E-state index in [0.717, 1.165) is 63.2 Å². The minimum absolute atomic E-state index is 0.139. The van der Waals surface area contributed by atoms with Crippen molar-refractivity contribution < 1.29 is 14.9 Å². The number of phenolic OH excluding ortho intramolecular Hbond substituents is 1. The van der Waals surface area contributed by atoms with Crippen LogP contribution in [0.3, 0.4) is 0 Å². The number of hydrogen-bond donors (Lipinski definition) is 3. The minimum atomic E-state index is -0.797. The molecule has 5 atom stereocenters. The van der Waals surface area contributed by atoms with E-state index in [4.69, 9.17) is 4.74 Å². The van der Waals surface area contributed by atoms with Crippen molar-refractivity contribution in [1.82, 2.24) is 10.2 Å². The Bertz CT molecular complexity index is 1070. The number of likely N-dealkylation sites (tertiary alicyclic amines) is 1. The molecule has 2 heterocycles. The molecule has 3 fully saturated rings. The molecule has 0 amide bonds. The first-order valence-electron chi connectivity index (χ1n) is 12.9. The average Bonchev–Trinajstić information content (AvgIpc) is 3.56. The molecule has 0 radical (unpaired) electrons. The van der Waals surface area contributed by atoms with Gasteiger partial charge in [-0.2, -0.15) is 0 Å². The number of nitrogens with zero attached hydrogens (tertiary/aromatic N) is 1. The molecule has 3 aliphatic carbocycles. The number of aliphatic hydroxyl groups is 1. The molecular formula is C28H34N2O3. The molecular weight excluding hydrogens is 412 g/mol. The van der Waals surface area contributed by atoms with E-state index in [1.54, 1.807) is 6.07 Å². The monoisotopic (exact) mass is 446 g/mol. The van der Waals surface area contributed by atoms with Gasteiger partial charge in [0.2, 0.25) is 0 Å². The minimum Gasteiger partial charge on any atom is -0.504 e. The maximum atomic E-state index is 12.5. The third kappa shape index (κ3) is 2.82. The lowest BCUT2D eigenvalue weighted by Gasteiger charge is -2.64. The summed E-state index contributed by atoms with van der Waals surface area (Å²) >= 11 is 0. The SMILES string of the molecule is Oc1ccc2c3c1O[C@H]1[C@H](NCCc4ccccc4)CC[C@@]4(O)[C@@H](C2)N(CC2CC2)CC[C@]314. The number of hydrogen-bond acceptors (Lipinski definition) is 5. The van der Waals surface area contributed by atoms with Crippen LogP contribution in [0.25, 0.3) is 0 Å². The summed E-state index contributed by atoms with van der Waals surface area (Å²) in [6, 6.07) is 14.8. The lowest BCUT2D eigenvalue weighted by Crippen LogP contribution is -2.78. The van der Waals surface area contributed by atoms with Gasteiger partial charge >= 0.3 is 0 Å². The summed E-state index contributed by atoms with van der Waals surface area (Å²) in [5.41, 5.74) is 2.49. The Morgan fingerprint density at radius 1 is 1.06 bits per heavy atom. The average molecular weight is 447 g/mol. The molecule has 2 aliphatic heterocycles. The number of benzene rings is 2. The number of aromatic hydroxyl groups is 1. The molecule has 1 saturated heterocycles. The quantitative estimate of drug-likeness (QED) is 0.636. The van der Waals surface area contributed by atoms with Crippen LogP contribution < -0.4 is 10.1 Å². The van der Waals surface area contributed by atoms with Crippen molar-refractivity contribution in [3.8, 4) is 11.5 Å². The van der Waals surface area contributed by atoms with E-state index in [0.29, 0.717) is 5.75 Å². The van der Waals surface area contributed by atoms with Crippen molar-refractivity contribution in [1.29, 1.82) is 0 Å². The van der Waals surface area contributed by atoms with Crippen molar-refractivity contribution in [3.05, 3.63) is 59.2 Å². The molecule has 0 unspecified atom stereocenters. The Balaban J connectivity index is 1.23. The Morgan fingerprint density at radius 2 is 1.91 bits per heavy atom. The van der Waals surface area contributed by atoms with Crippen LogP contribution in [0, 0.1) is 5.92 Å². The van der Waals surface area contributed by atoms with Gasteiger partial charge in [0, 0.05) is 24.2 Å². The first-order valence-corrected chi connectivity index (χ1v) is 12.9. The third-order valence-electron chi connectivity index (χ3n) is 9.43. The zero-order chi connectivity index (χ0) is 22.2. The van der Waals surface area contributed by atoms with Gasteiger partial charge in [0.25, 0.3) is 0 Å². The van der Waals surface area contributed by atoms with Crippen molar-refractivity contribution >= 4 is 0 Å². The molecule has 3 N–H and O–H groups in total. The zero-order valence-electron chi connectivity index (χ0n) is 19.2. The van der Waals surface area contributed by atoms with E-state index in [1.807, 2.05) is 0 Å². The van der Waals surface area contributed by atoms with Gasteiger partial charge in [-0.05, 0) is 81.1 Å². The summed E-state index contributed by atoms with van der Waals surface area (Å²) in [4.78, 5) is 2.59. The molecule has 2 aromatic carbocycles. The molecule has 2 aromatic rings. The van der Waals surface area contributed by atoms with E-state index in [-0.39, 0.29) is 23.9 Å². The molecule has 5 aliphatic rings. The van der Waals surface area contributed by atoms with E-state index in [2.05, 4.69) is 46.6 Å². The molecule has 2 saturated carbocycles. The highest BCUT2D eigenvalue weighted by Crippen LogP contribution is 2.65. The van der Waals surface area contributed by atoms with E-state index in [9.17, 15) is 10.2 Å². The van der Waals surface area contributed by atoms with Crippen LogP contribution in [-0.4, -0.2) is 58.5 Å².